The van der Waals surface area contributed by atoms with E-state index in [0.29, 0.717) is 0 Å². The molecule has 0 amide bonds. The predicted octanol–water partition coefficient (Wildman–Crippen LogP) is 4.35. The van der Waals surface area contributed by atoms with E-state index >= 15 is 0 Å². The van der Waals surface area contributed by atoms with Crippen LogP contribution in [0.3, 0.4) is 0 Å². The monoisotopic (exact) mass is 477 g/mol. The molecule has 0 bridgehead atoms. The smallest absolute Gasteiger partial charge is 0.186 e. The van der Waals surface area contributed by atoms with Crippen molar-refractivity contribution in [2.45, 2.75) is 38.8 Å². The van der Waals surface area contributed by atoms with Crippen molar-refractivity contribution < 1.29 is 4.74 Å². The van der Waals surface area contributed by atoms with Crippen LogP contribution in [0.25, 0.3) is 10.2 Å². The molecule has 0 unspecified atom stereocenters. The van der Waals surface area contributed by atoms with Gasteiger partial charge in [-0.3, -0.25) is 4.90 Å². The van der Waals surface area contributed by atoms with Crippen LogP contribution in [-0.2, 0) is 5.54 Å². The fourth-order valence-corrected chi connectivity index (χ4v) is 5.44. The van der Waals surface area contributed by atoms with Gasteiger partial charge in [-0.15, -0.1) is 5.10 Å². The first-order valence-electron chi connectivity index (χ1n) is 11.8. The molecule has 4 aromatic rings. The van der Waals surface area contributed by atoms with Gasteiger partial charge in [-0.1, -0.05) is 42.5 Å². The number of piperazine rings is 1. The number of rotatable bonds is 7. The number of tetrazole rings is 1. The standard InChI is InChI=1S/C25H31N7OS/c1-5-25(2,3)32-23(27-28-29-32)22(18-10-12-19(33-4)13-11-18)30-14-16-31(17-15-30)24-26-20-8-6-7-9-21(20)34-24/h6-13,22H,5,14-17H2,1-4H3/t22-/m1/s1. The SMILES string of the molecule is CCC(C)(C)n1nnnc1[C@@H](c1ccc(OC)cc1)N1CCN(c2nc3ccccc3s2)CC1. The zero-order valence-corrected chi connectivity index (χ0v) is 21.0. The van der Waals surface area contributed by atoms with E-state index in [2.05, 4.69) is 76.4 Å². The molecular formula is C25H31N7OS. The molecule has 178 valence electrons. The van der Waals surface area contributed by atoms with E-state index in [0.717, 1.165) is 60.4 Å². The van der Waals surface area contributed by atoms with E-state index in [4.69, 9.17) is 9.72 Å². The van der Waals surface area contributed by atoms with Crippen LogP contribution in [-0.4, -0.2) is 63.4 Å². The predicted molar refractivity (Wildman–Crippen MR) is 136 cm³/mol. The molecule has 8 nitrogen and oxygen atoms in total. The van der Waals surface area contributed by atoms with Crippen molar-refractivity contribution in [3.8, 4) is 5.75 Å². The first-order chi connectivity index (χ1) is 16.5. The summed E-state index contributed by atoms with van der Waals surface area (Å²) in [5.74, 6) is 1.72. The molecule has 0 N–H and O–H groups in total. The molecule has 9 heteroatoms. The van der Waals surface area contributed by atoms with Crippen molar-refractivity contribution in [1.29, 1.82) is 0 Å². The molecule has 0 saturated carbocycles. The summed E-state index contributed by atoms with van der Waals surface area (Å²) in [6.45, 7) is 10.1. The highest BCUT2D eigenvalue weighted by atomic mass is 32.1. The first kappa shape index (κ1) is 22.7. The minimum atomic E-state index is -0.174. The van der Waals surface area contributed by atoms with Gasteiger partial charge in [-0.2, -0.15) is 0 Å². The van der Waals surface area contributed by atoms with Crippen LogP contribution in [0.5, 0.6) is 5.75 Å². The highest BCUT2D eigenvalue weighted by Crippen LogP contribution is 2.34. The largest absolute Gasteiger partial charge is 0.497 e. The summed E-state index contributed by atoms with van der Waals surface area (Å²) in [6, 6.07) is 16.6. The second-order valence-electron chi connectivity index (χ2n) is 9.28. The molecular weight excluding hydrogens is 446 g/mol. The summed E-state index contributed by atoms with van der Waals surface area (Å²) in [7, 11) is 1.69. The number of hydrogen-bond acceptors (Lipinski definition) is 8. The van der Waals surface area contributed by atoms with Gasteiger partial charge in [0, 0.05) is 26.2 Å². The lowest BCUT2D eigenvalue weighted by Crippen LogP contribution is -2.48. The number of benzene rings is 2. The quantitative estimate of drug-likeness (QED) is 0.392. The van der Waals surface area contributed by atoms with E-state index in [1.54, 1.807) is 18.4 Å². The first-order valence-corrected chi connectivity index (χ1v) is 12.6. The summed E-state index contributed by atoms with van der Waals surface area (Å²) in [5.41, 5.74) is 2.06. The summed E-state index contributed by atoms with van der Waals surface area (Å²) in [5, 5.41) is 14.1. The van der Waals surface area contributed by atoms with Gasteiger partial charge in [0.05, 0.1) is 28.9 Å². The average molecular weight is 478 g/mol. The molecule has 2 aromatic carbocycles. The second kappa shape index (κ2) is 9.31. The maximum atomic E-state index is 5.40. The Balaban J connectivity index is 1.44. The fourth-order valence-electron chi connectivity index (χ4n) is 4.42. The van der Waals surface area contributed by atoms with Gasteiger partial charge in [0.1, 0.15) is 5.75 Å². The van der Waals surface area contributed by atoms with Gasteiger partial charge in [0.2, 0.25) is 0 Å². The van der Waals surface area contributed by atoms with E-state index in [1.807, 2.05) is 22.9 Å². The van der Waals surface area contributed by atoms with Crippen LogP contribution in [0, 0.1) is 0 Å². The normalized spacial score (nSPS) is 16.2. The van der Waals surface area contributed by atoms with Crippen LogP contribution < -0.4 is 9.64 Å². The van der Waals surface area contributed by atoms with E-state index in [9.17, 15) is 0 Å². The van der Waals surface area contributed by atoms with Crippen LogP contribution in [0.4, 0.5) is 5.13 Å². The van der Waals surface area contributed by atoms with Crippen LogP contribution in [0.2, 0.25) is 0 Å². The number of fused-ring (bicyclic) bond motifs is 1. The zero-order chi connectivity index (χ0) is 23.7. The summed E-state index contributed by atoms with van der Waals surface area (Å²) < 4.78 is 8.63. The summed E-state index contributed by atoms with van der Waals surface area (Å²) in [6.07, 6.45) is 0.936. The zero-order valence-electron chi connectivity index (χ0n) is 20.2. The Kier molecular flexibility index (Phi) is 6.22. The highest BCUT2D eigenvalue weighted by Gasteiger charge is 2.34. The molecule has 0 radical (unpaired) electrons. The molecule has 0 aliphatic carbocycles. The van der Waals surface area contributed by atoms with Crippen molar-refractivity contribution in [1.82, 2.24) is 30.1 Å². The molecule has 0 spiro atoms. The van der Waals surface area contributed by atoms with Crippen molar-refractivity contribution in [2.75, 3.05) is 38.2 Å². The van der Waals surface area contributed by atoms with Crippen molar-refractivity contribution >= 4 is 26.7 Å². The average Bonchev–Trinajstić information content (AvgIpc) is 3.53. The number of methoxy groups -OCH3 is 1. The van der Waals surface area contributed by atoms with E-state index in [1.165, 1.54) is 4.70 Å². The Hall–Kier alpha value is -3.04. The lowest BCUT2D eigenvalue weighted by Gasteiger charge is -2.39. The molecule has 1 fully saturated rings. The molecule has 1 saturated heterocycles. The Bertz CT molecular complexity index is 1210. The van der Waals surface area contributed by atoms with Gasteiger partial charge in [-0.05, 0) is 60.5 Å². The summed E-state index contributed by atoms with van der Waals surface area (Å²) >= 11 is 1.77. The number of nitrogens with zero attached hydrogens (tertiary/aromatic N) is 7. The minimum absolute atomic E-state index is 0.0377. The third-order valence-electron chi connectivity index (χ3n) is 6.84. The fraction of sp³-hybridized carbons (Fsp3) is 0.440. The Morgan fingerprint density at radius 1 is 1.03 bits per heavy atom. The lowest BCUT2D eigenvalue weighted by atomic mass is 9.99. The van der Waals surface area contributed by atoms with Crippen LogP contribution >= 0.6 is 11.3 Å². The highest BCUT2D eigenvalue weighted by molar-refractivity contribution is 7.22. The van der Waals surface area contributed by atoms with Gasteiger partial charge < -0.3 is 9.64 Å². The topological polar surface area (TPSA) is 72.2 Å². The number of hydrogen-bond donors (Lipinski definition) is 0. The number of para-hydroxylation sites is 1. The van der Waals surface area contributed by atoms with Crippen molar-refractivity contribution in [3.05, 3.63) is 59.9 Å². The number of ether oxygens (including phenoxy) is 1. The van der Waals surface area contributed by atoms with Crippen molar-refractivity contribution in [2.24, 2.45) is 0 Å². The van der Waals surface area contributed by atoms with Gasteiger partial charge in [0.25, 0.3) is 0 Å². The summed E-state index contributed by atoms with van der Waals surface area (Å²) in [4.78, 5) is 9.75. The maximum absolute atomic E-state index is 5.40. The third-order valence-corrected chi connectivity index (χ3v) is 7.94. The molecule has 1 aliphatic heterocycles. The Labute approximate surface area is 204 Å². The van der Waals surface area contributed by atoms with Crippen LogP contribution in [0.1, 0.15) is 44.6 Å². The van der Waals surface area contributed by atoms with E-state index in [-0.39, 0.29) is 11.6 Å². The van der Waals surface area contributed by atoms with Crippen LogP contribution in [0.15, 0.2) is 48.5 Å². The Morgan fingerprint density at radius 2 is 1.76 bits per heavy atom. The number of thiazole rings is 1. The molecule has 3 heterocycles. The minimum Gasteiger partial charge on any atom is -0.497 e. The molecule has 5 rings (SSSR count). The van der Waals surface area contributed by atoms with Gasteiger partial charge in [-0.25, -0.2) is 9.67 Å². The number of aromatic nitrogens is 5. The number of anilines is 1. The van der Waals surface area contributed by atoms with Gasteiger partial charge in [0.15, 0.2) is 11.0 Å². The molecule has 1 atom stereocenters. The van der Waals surface area contributed by atoms with E-state index < -0.39 is 0 Å². The lowest BCUT2D eigenvalue weighted by molar-refractivity contribution is 0.187. The molecule has 34 heavy (non-hydrogen) atoms. The Morgan fingerprint density at radius 3 is 2.44 bits per heavy atom. The molecule has 2 aromatic heterocycles. The third kappa shape index (κ3) is 4.25. The van der Waals surface area contributed by atoms with Crippen molar-refractivity contribution in [3.63, 3.8) is 0 Å². The second-order valence-corrected chi connectivity index (χ2v) is 10.3. The maximum Gasteiger partial charge on any atom is 0.186 e. The molecule has 1 aliphatic rings. The van der Waals surface area contributed by atoms with Gasteiger partial charge >= 0.3 is 0 Å².